The van der Waals surface area contributed by atoms with Gasteiger partial charge in [-0.15, -0.1) is 0 Å². The van der Waals surface area contributed by atoms with Crippen LogP contribution in [0.15, 0.2) is 36.9 Å². The van der Waals surface area contributed by atoms with Crippen LogP contribution in [0.3, 0.4) is 0 Å². The molecule has 4 heteroatoms. The summed E-state index contributed by atoms with van der Waals surface area (Å²) < 4.78 is 10.7. The fourth-order valence-corrected chi connectivity index (χ4v) is 1.79. The summed E-state index contributed by atoms with van der Waals surface area (Å²) in [5, 5.41) is 9.43. The maximum absolute atomic E-state index is 11.3. The first-order chi connectivity index (χ1) is 9.55. The Morgan fingerprint density at radius 1 is 1.50 bits per heavy atom. The molecule has 0 aromatic heterocycles. The number of aryl methyl sites for hydroxylation is 1. The molecule has 1 N–H and O–H groups in total. The van der Waals surface area contributed by atoms with Gasteiger partial charge >= 0.3 is 5.97 Å². The van der Waals surface area contributed by atoms with E-state index in [1.807, 2.05) is 18.2 Å². The third-order valence-electron chi connectivity index (χ3n) is 2.65. The number of hydrogen-bond acceptors (Lipinski definition) is 4. The van der Waals surface area contributed by atoms with Gasteiger partial charge in [-0.25, -0.2) is 4.79 Å². The maximum atomic E-state index is 11.3. The predicted octanol–water partition coefficient (Wildman–Crippen LogP) is 2.84. The first-order valence-electron chi connectivity index (χ1n) is 6.81. The quantitative estimate of drug-likeness (QED) is 0.451. The van der Waals surface area contributed by atoms with Crippen molar-refractivity contribution in [1.29, 1.82) is 0 Å². The van der Waals surface area contributed by atoms with Gasteiger partial charge in [0.05, 0.1) is 6.10 Å². The third kappa shape index (κ3) is 5.89. The van der Waals surface area contributed by atoms with Crippen molar-refractivity contribution < 1.29 is 19.4 Å². The second-order valence-corrected chi connectivity index (χ2v) is 4.67. The summed E-state index contributed by atoms with van der Waals surface area (Å²) in [4.78, 5) is 11.3. The molecule has 2 unspecified atom stereocenters. The summed E-state index contributed by atoms with van der Waals surface area (Å²) >= 11 is 0. The molecule has 110 valence electrons. The molecule has 0 heterocycles. The Hall–Kier alpha value is -1.81. The summed E-state index contributed by atoms with van der Waals surface area (Å²) in [5.74, 6) is 0.0545. The van der Waals surface area contributed by atoms with Crippen molar-refractivity contribution in [1.82, 2.24) is 0 Å². The summed E-state index contributed by atoms with van der Waals surface area (Å²) in [6.45, 7) is 7.07. The van der Waals surface area contributed by atoms with Gasteiger partial charge in [-0.05, 0) is 31.0 Å². The molecule has 1 aromatic carbocycles. The van der Waals surface area contributed by atoms with Crippen molar-refractivity contribution in [2.45, 2.75) is 45.5 Å². The van der Waals surface area contributed by atoms with E-state index in [-0.39, 0.29) is 6.42 Å². The minimum atomic E-state index is -0.822. The lowest BCUT2D eigenvalue weighted by molar-refractivity contribution is -0.160. The fourth-order valence-electron chi connectivity index (χ4n) is 1.79. The molecule has 20 heavy (non-hydrogen) atoms. The lowest BCUT2D eigenvalue weighted by Gasteiger charge is -2.20. The van der Waals surface area contributed by atoms with E-state index in [1.165, 1.54) is 0 Å². The number of rotatable bonds is 8. The van der Waals surface area contributed by atoms with E-state index in [4.69, 9.17) is 9.47 Å². The van der Waals surface area contributed by atoms with Crippen LogP contribution in [0.5, 0.6) is 5.75 Å². The highest BCUT2D eigenvalue weighted by Gasteiger charge is 2.17. The van der Waals surface area contributed by atoms with Gasteiger partial charge in [0, 0.05) is 12.5 Å². The molecule has 0 saturated carbocycles. The Labute approximate surface area is 120 Å². The highest BCUT2D eigenvalue weighted by Crippen LogP contribution is 2.18. The molecule has 0 spiro atoms. The maximum Gasteiger partial charge on any atom is 0.333 e. The van der Waals surface area contributed by atoms with E-state index in [2.05, 4.69) is 13.5 Å². The van der Waals surface area contributed by atoms with Gasteiger partial charge in [-0.2, -0.15) is 0 Å². The molecule has 0 saturated heterocycles. The minimum absolute atomic E-state index is 0.206. The van der Waals surface area contributed by atoms with Gasteiger partial charge in [0.2, 0.25) is 6.29 Å². The molecule has 4 nitrogen and oxygen atoms in total. The Kier molecular flexibility index (Phi) is 6.81. The number of benzene rings is 1. The largest absolute Gasteiger partial charge is 0.455 e. The highest BCUT2D eigenvalue weighted by molar-refractivity contribution is 5.81. The van der Waals surface area contributed by atoms with Gasteiger partial charge in [0.1, 0.15) is 5.75 Å². The average Bonchev–Trinajstić information content (AvgIpc) is 2.38. The SMILES string of the molecule is C=CC(=O)OC(CC(C)O)Oc1cccc(CCC)c1. The Bertz CT molecular complexity index is 440. The number of aliphatic hydroxyl groups is 1. The molecule has 0 aliphatic carbocycles. The van der Waals surface area contributed by atoms with Crippen molar-refractivity contribution in [3.63, 3.8) is 0 Å². The van der Waals surface area contributed by atoms with Crippen molar-refractivity contribution in [3.8, 4) is 5.75 Å². The van der Waals surface area contributed by atoms with Crippen LogP contribution in [0.25, 0.3) is 0 Å². The highest BCUT2D eigenvalue weighted by atomic mass is 16.7. The van der Waals surface area contributed by atoms with Crippen molar-refractivity contribution >= 4 is 5.97 Å². The van der Waals surface area contributed by atoms with Crippen LogP contribution in [0, 0.1) is 0 Å². The fraction of sp³-hybridized carbons (Fsp3) is 0.438. The number of ether oxygens (including phenoxy) is 2. The predicted molar refractivity (Wildman–Crippen MR) is 77.4 cm³/mol. The van der Waals surface area contributed by atoms with Crippen molar-refractivity contribution in [2.75, 3.05) is 0 Å². The monoisotopic (exact) mass is 278 g/mol. The van der Waals surface area contributed by atoms with E-state index in [9.17, 15) is 9.90 Å². The second kappa shape index (κ2) is 8.38. The van der Waals surface area contributed by atoms with Crippen LogP contribution < -0.4 is 4.74 Å². The molecule has 1 rings (SSSR count). The second-order valence-electron chi connectivity index (χ2n) is 4.67. The topological polar surface area (TPSA) is 55.8 Å². The Balaban J connectivity index is 2.74. The summed E-state index contributed by atoms with van der Waals surface area (Å²) in [5.41, 5.74) is 1.16. The van der Waals surface area contributed by atoms with E-state index in [0.29, 0.717) is 5.75 Å². The number of esters is 1. The molecule has 1 aromatic rings. The first kappa shape index (κ1) is 16.2. The molecular weight excluding hydrogens is 256 g/mol. The van der Waals surface area contributed by atoms with Gasteiger partial charge in [0.15, 0.2) is 0 Å². The summed E-state index contributed by atoms with van der Waals surface area (Å²) in [7, 11) is 0. The van der Waals surface area contributed by atoms with E-state index >= 15 is 0 Å². The number of hydrogen-bond donors (Lipinski definition) is 1. The first-order valence-corrected chi connectivity index (χ1v) is 6.81. The van der Waals surface area contributed by atoms with Crippen LogP contribution in [0.4, 0.5) is 0 Å². The van der Waals surface area contributed by atoms with E-state index in [1.54, 1.807) is 13.0 Å². The molecule has 2 atom stereocenters. The number of aliphatic hydroxyl groups excluding tert-OH is 1. The van der Waals surface area contributed by atoms with Crippen molar-refractivity contribution in [3.05, 3.63) is 42.5 Å². The summed E-state index contributed by atoms with van der Waals surface area (Å²) in [6, 6.07) is 7.64. The average molecular weight is 278 g/mol. The van der Waals surface area contributed by atoms with Gasteiger partial charge in [-0.3, -0.25) is 0 Å². The van der Waals surface area contributed by atoms with Crippen LogP contribution >= 0.6 is 0 Å². The zero-order valence-electron chi connectivity index (χ0n) is 12.0. The molecule has 0 aliphatic rings. The van der Waals surface area contributed by atoms with Crippen LogP contribution in [0.2, 0.25) is 0 Å². The van der Waals surface area contributed by atoms with Crippen molar-refractivity contribution in [2.24, 2.45) is 0 Å². The standard InChI is InChI=1S/C16H22O4/c1-4-7-13-8-6-9-14(11-13)19-16(10-12(3)17)20-15(18)5-2/h5-6,8-9,11-12,16-17H,2,4,7,10H2,1,3H3. The normalized spacial score (nSPS) is 13.3. The lowest BCUT2D eigenvalue weighted by atomic mass is 10.1. The van der Waals surface area contributed by atoms with E-state index < -0.39 is 18.4 Å². The van der Waals surface area contributed by atoms with E-state index in [0.717, 1.165) is 24.5 Å². The number of carbonyl (C=O) groups is 1. The third-order valence-corrected chi connectivity index (χ3v) is 2.65. The molecule has 0 fully saturated rings. The Morgan fingerprint density at radius 3 is 2.85 bits per heavy atom. The summed E-state index contributed by atoms with van der Waals surface area (Å²) in [6.07, 6.45) is 1.84. The zero-order chi connectivity index (χ0) is 15.0. The minimum Gasteiger partial charge on any atom is -0.455 e. The molecule has 0 radical (unpaired) electrons. The molecule has 0 amide bonds. The van der Waals surface area contributed by atoms with Crippen LogP contribution in [-0.4, -0.2) is 23.5 Å². The van der Waals surface area contributed by atoms with Gasteiger partial charge < -0.3 is 14.6 Å². The molecule has 0 aliphatic heterocycles. The zero-order valence-corrected chi connectivity index (χ0v) is 12.0. The Morgan fingerprint density at radius 2 is 2.25 bits per heavy atom. The van der Waals surface area contributed by atoms with Gasteiger partial charge in [0.25, 0.3) is 0 Å². The van der Waals surface area contributed by atoms with Crippen LogP contribution in [-0.2, 0) is 16.0 Å². The van der Waals surface area contributed by atoms with Crippen LogP contribution in [0.1, 0.15) is 32.3 Å². The smallest absolute Gasteiger partial charge is 0.333 e. The molecular formula is C16H22O4. The lowest BCUT2D eigenvalue weighted by Crippen LogP contribution is -2.27. The van der Waals surface area contributed by atoms with Gasteiger partial charge in [-0.1, -0.05) is 32.1 Å². The number of carbonyl (C=O) groups excluding carboxylic acids is 1. The molecule has 0 bridgehead atoms.